The van der Waals surface area contributed by atoms with E-state index in [0.29, 0.717) is 6.04 Å². The molecule has 2 atom stereocenters. The van der Waals surface area contributed by atoms with Crippen molar-refractivity contribution in [3.63, 3.8) is 0 Å². The molecule has 0 bridgehead atoms. The molecule has 19 heavy (non-hydrogen) atoms. The molecule has 1 N–H and O–H groups in total. The van der Waals surface area contributed by atoms with Crippen LogP contribution in [0.1, 0.15) is 71.1 Å². The average Bonchev–Trinajstić information content (AvgIpc) is 2.68. The van der Waals surface area contributed by atoms with Gasteiger partial charge in [0, 0.05) is 25.5 Å². The fraction of sp³-hybridized carbons (Fsp3) is 0.938. The molecule has 1 aliphatic carbocycles. The summed E-state index contributed by atoms with van der Waals surface area (Å²) < 4.78 is 5.80. The summed E-state index contributed by atoms with van der Waals surface area (Å²) in [5.74, 6) is 0. The first-order valence-corrected chi connectivity index (χ1v) is 8.08. The quantitative estimate of drug-likeness (QED) is 0.790. The lowest BCUT2D eigenvalue weighted by Crippen LogP contribution is -2.54. The minimum atomic E-state index is -0.326. The third-order valence-electron chi connectivity index (χ3n) is 4.62. The van der Waals surface area contributed by atoms with Crippen LogP contribution in [0.5, 0.6) is 0 Å². The van der Waals surface area contributed by atoms with Crippen molar-refractivity contribution >= 4 is 0 Å². The van der Waals surface area contributed by atoms with Crippen LogP contribution in [0.2, 0.25) is 0 Å². The van der Waals surface area contributed by atoms with Crippen molar-refractivity contribution in [1.82, 2.24) is 5.32 Å². The van der Waals surface area contributed by atoms with Crippen molar-refractivity contribution in [3.05, 3.63) is 0 Å². The van der Waals surface area contributed by atoms with Crippen molar-refractivity contribution in [2.45, 2.75) is 88.8 Å². The average molecular weight is 264 g/mol. The second-order valence-electron chi connectivity index (χ2n) is 6.26. The molecule has 3 heteroatoms. The number of nitriles is 1. The highest BCUT2D eigenvalue weighted by atomic mass is 16.5. The smallest absolute Gasteiger partial charge is 0.111 e. The SMILES string of the molecule is CCCC1CC(C#N)(NC2CCCCCC2)CCO1. The van der Waals surface area contributed by atoms with Crippen LogP contribution < -0.4 is 5.32 Å². The number of rotatable bonds is 4. The fourth-order valence-corrected chi connectivity index (χ4v) is 3.54. The van der Waals surface area contributed by atoms with Crippen molar-refractivity contribution < 1.29 is 4.74 Å². The predicted octanol–water partition coefficient (Wildman–Crippen LogP) is 3.54. The van der Waals surface area contributed by atoms with Gasteiger partial charge in [-0.1, -0.05) is 39.0 Å². The van der Waals surface area contributed by atoms with Crippen molar-refractivity contribution in [2.75, 3.05) is 6.61 Å². The number of hydrogen-bond donors (Lipinski definition) is 1. The van der Waals surface area contributed by atoms with E-state index in [1.165, 1.54) is 38.5 Å². The van der Waals surface area contributed by atoms with Gasteiger partial charge < -0.3 is 4.74 Å². The molecule has 2 aliphatic rings. The highest BCUT2D eigenvalue weighted by Crippen LogP contribution is 2.29. The Balaban J connectivity index is 1.94. The molecule has 1 aliphatic heterocycles. The Bertz CT molecular complexity index is 302. The molecule has 0 radical (unpaired) electrons. The predicted molar refractivity (Wildman–Crippen MR) is 76.9 cm³/mol. The van der Waals surface area contributed by atoms with Gasteiger partial charge in [-0.05, 0) is 19.3 Å². The zero-order valence-corrected chi connectivity index (χ0v) is 12.3. The maximum absolute atomic E-state index is 9.66. The molecule has 0 aromatic carbocycles. The summed E-state index contributed by atoms with van der Waals surface area (Å²) in [6, 6.07) is 3.13. The second kappa shape index (κ2) is 7.26. The van der Waals surface area contributed by atoms with E-state index in [0.717, 1.165) is 32.3 Å². The first kappa shape index (κ1) is 14.8. The van der Waals surface area contributed by atoms with Crippen LogP contribution >= 0.6 is 0 Å². The van der Waals surface area contributed by atoms with Crippen LogP contribution in [0, 0.1) is 11.3 Å². The highest BCUT2D eigenvalue weighted by molar-refractivity contribution is 5.11. The number of ether oxygens (including phenoxy) is 1. The van der Waals surface area contributed by atoms with Gasteiger partial charge in [0.1, 0.15) is 5.54 Å². The molecule has 0 spiro atoms. The third kappa shape index (κ3) is 4.19. The summed E-state index contributed by atoms with van der Waals surface area (Å²) >= 11 is 0. The van der Waals surface area contributed by atoms with Gasteiger partial charge in [0.25, 0.3) is 0 Å². The van der Waals surface area contributed by atoms with E-state index < -0.39 is 0 Å². The van der Waals surface area contributed by atoms with E-state index in [1.54, 1.807) is 0 Å². The Morgan fingerprint density at radius 1 is 1.26 bits per heavy atom. The summed E-state index contributed by atoms with van der Waals surface area (Å²) in [5, 5.41) is 13.4. The molecule has 108 valence electrons. The molecule has 1 saturated carbocycles. The topological polar surface area (TPSA) is 45.0 Å². The van der Waals surface area contributed by atoms with Crippen LogP contribution in [0.15, 0.2) is 0 Å². The molecular weight excluding hydrogens is 236 g/mol. The van der Waals surface area contributed by atoms with E-state index in [9.17, 15) is 5.26 Å². The summed E-state index contributed by atoms with van der Waals surface area (Å²) in [5.41, 5.74) is -0.326. The summed E-state index contributed by atoms with van der Waals surface area (Å²) in [6.07, 6.45) is 12.0. The Kier molecular flexibility index (Phi) is 5.66. The van der Waals surface area contributed by atoms with Crippen LogP contribution in [0.4, 0.5) is 0 Å². The lowest BCUT2D eigenvalue weighted by molar-refractivity contribution is -0.0215. The summed E-state index contributed by atoms with van der Waals surface area (Å²) in [7, 11) is 0. The first-order chi connectivity index (χ1) is 9.28. The van der Waals surface area contributed by atoms with Gasteiger partial charge >= 0.3 is 0 Å². The van der Waals surface area contributed by atoms with Gasteiger partial charge in [0.05, 0.1) is 12.2 Å². The Hall–Kier alpha value is -0.590. The first-order valence-electron chi connectivity index (χ1n) is 8.08. The van der Waals surface area contributed by atoms with Gasteiger partial charge in [0.2, 0.25) is 0 Å². The monoisotopic (exact) mass is 264 g/mol. The normalized spacial score (nSPS) is 33.6. The lowest BCUT2D eigenvalue weighted by atomic mass is 9.85. The van der Waals surface area contributed by atoms with Crippen molar-refractivity contribution in [1.29, 1.82) is 5.26 Å². The Morgan fingerprint density at radius 3 is 2.63 bits per heavy atom. The van der Waals surface area contributed by atoms with Crippen LogP contribution in [-0.2, 0) is 4.74 Å². The fourth-order valence-electron chi connectivity index (χ4n) is 3.54. The number of nitrogens with zero attached hydrogens (tertiary/aromatic N) is 1. The molecule has 1 heterocycles. The van der Waals surface area contributed by atoms with Crippen LogP contribution in [-0.4, -0.2) is 24.3 Å². The molecule has 1 saturated heterocycles. The second-order valence-corrected chi connectivity index (χ2v) is 6.26. The molecular formula is C16H28N2O. The third-order valence-corrected chi connectivity index (χ3v) is 4.62. The van der Waals surface area contributed by atoms with E-state index in [4.69, 9.17) is 4.74 Å². The minimum absolute atomic E-state index is 0.275. The summed E-state index contributed by atoms with van der Waals surface area (Å²) in [6.45, 7) is 2.92. The molecule has 3 nitrogen and oxygen atoms in total. The maximum Gasteiger partial charge on any atom is 0.111 e. The maximum atomic E-state index is 9.66. The largest absolute Gasteiger partial charge is 0.378 e. The number of hydrogen-bond acceptors (Lipinski definition) is 3. The zero-order chi connectivity index (χ0) is 13.6. The van der Waals surface area contributed by atoms with E-state index in [1.807, 2.05) is 0 Å². The zero-order valence-electron chi connectivity index (χ0n) is 12.3. The Labute approximate surface area is 117 Å². The lowest BCUT2D eigenvalue weighted by Gasteiger charge is -2.39. The molecule has 0 amide bonds. The van der Waals surface area contributed by atoms with Crippen LogP contribution in [0.25, 0.3) is 0 Å². The van der Waals surface area contributed by atoms with Gasteiger partial charge in [0.15, 0.2) is 0 Å². The van der Waals surface area contributed by atoms with Gasteiger partial charge in [-0.2, -0.15) is 5.26 Å². The number of nitrogens with one attached hydrogen (secondary N) is 1. The van der Waals surface area contributed by atoms with Gasteiger partial charge in [-0.3, -0.25) is 5.32 Å². The van der Waals surface area contributed by atoms with Crippen molar-refractivity contribution in [3.8, 4) is 6.07 Å². The van der Waals surface area contributed by atoms with E-state index in [2.05, 4.69) is 18.3 Å². The minimum Gasteiger partial charge on any atom is -0.378 e. The van der Waals surface area contributed by atoms with Gasteiger partial charge in [-0.15, -0.1) is 0 Å². The van der Waals surface area contributed by atoms with E-state index >= 15 is 0 Å². The standard InChI is InChI=1S/C16H28N2O/c1-2-7-15-12-16(13-17,10-11-19-15)18-14-8-5-3-4-6-9-14/h14-15,18H,2-12H2,1H3. The van der Waals surface area contributed by atoms with Crippen LogP contribution in [0.3, 0.4) is 0 Å². The molecule has 2 fully saturated rings. The summed E-state index contributed by atoms with van der Waals surface area (Å²) in [4.78, 5) is 0. The molecule has 0 aromatic heterocycles. The van der Waals surface area contributed by atoms with Crippen molar-refractivity contribution in [2.24, 2.45) is 0 Å². The highest BCUT2D eigenvalue weighted by Gasteiger charge is 2.38. The molecule has 2 rings (SSSR count). The molecule has 2 unspecified atom stereocenters. The van der Waals surface area contributed by atoms with E-state index in [-0.39, 0.29) is 11.6 Å². The van der Waals surface area contributed by atoms with Gasteiger partial charge in [-0.25, -0.2) is 0 Å². The molecule has 0 aromatic rings. The Morgan fingerprint density at radius 2 is 2.00 bits per heavy atom.